The Balaban J connectivity index is 1.70. The molecule has 0 saturated carbocycles. The Morgan fingerprint density at radius 3 is 2.73 bits per heavy atom. The predicted molar refractivity (Wildman–Crippen MR) is 101 cm³/mol. The fraction of sp³-hybridized carbons (Fsp3) is 0.278. The summed E-state index contributed by atoms with van der Waals surface area (Å²) in [6.07, 6.45) is 0. The molecular formula is C18H17N5OS2. The number of aryl methyl sites for hydroxylation is 2. The molecule has 0 saturated heterocycles. The molecule has 26 heavy (non-hydrogen) atoms. The van der Waals surface area contributed by atoms with Gasteiger partial charge >= 0.3 is 0 Å². The molecule has 0 amide bonds. The first-order valence-corrected chi connectivity index (χ1v) is 9.86. The summed E-state index contributed by atoms with van der Waals surface area (Å²) >= 11 is 2.65. The molecule has 0 spiro atoms. The van der Waals surface area contributed by atoms with Crippen LogP contribution >= 0.6 is 23.1 Å². The van der Waals surface area contributed by atoms with Gasteiger partial charge < -0.3 is 4.57 Å². The molecule has 132 valence electrons. The molecule has 0 aliphatic heterocycles. The quantitative estimate of drug-likeness (QED) is 0.582. The minimum Gasteiger partial charge on any atom is -0.302 e. The normalized spacial score (nSPS) is 11.9. The first-order valence-electron chi connectivity index (χ1n) is 7.99. The molecule has 0 unspecified atom stereocenters. The summed E-state index contributed by atoms with van der Waals surface area (Å²) in [5, 5.41) is 20.7. The molecule has 0 bridgehead atoms. The number of carbonyl (C=O) groups is 1. The molecule has 0 N–H and O–H groups in total. The Morgan fingerprint density at radius 1 is 1.31 bits per heavy atom. The number of ketones is 1. The molecule has 0 radical (unpaired) electrons. The van der Waals surface area contributed by atoms with E-state index in [1.807, 2.05) is 54.1 Å². The van der Waals surface area contributed by atoms with E-state index in [0.29, 0.717) is 16.7 Å². The van der Waals surface area contributed by atoms with Gasteiger partial charge in [-0.2, -0.15) is 5.26 Å². The average molecular weight is 384 g/mol. The maximum absolute atomic E-state index is 12.5. The summed E-state index contributed by atoms with van der Waals surface area (Å²) in [5.41, 5.74) is 1.96. The zero-order chi connectivity index (χ0) is 18.5. The van der Waals surface area contributed by atoms with Crippen LogP contribution in [0, 0.1) is 25.2 Å². The van der Waals surface area contributed by atoms with Crippen LogP contribution in [0.2, 0.25) is 0 Å². The van der Waals surface area contributed by atoms with Gasteiger partial charge in [-0.1, -0.05) is 42.1 Å². The lowest BCUT2D eigenvalue weighted by molar-refractivity contribution is -0.116. The standard InChI is InChI=1S/C18H17N5OS2/c1-12-10-25-17(20-12)15(8-19)16(24)11-26-18-22-21-13(2)23(18)9-14-6-4-3-5-7-14/h3-7,10,15H,9,11H2,1-2H3/t15-/m1/s1. The Kier molecular flexibility index (Phi) is 5.81. The number of thioether (sulfide) groups is 1. The molecule has 0 fully saturated rings. The monoisotopic (exact) mass is 383 g/mol. The average Bonchev–Trinajstić information content (AvgIpc) is 3.21. The number of hydrogen-bond donors (Lipinski definition) is 0. The highest BCUT2D eigenvalue weighted by molar-refractivity contribution is 7.99. The van der Waals surface area contributed by atoms with Gasteiger partial charge in [-0.05, 0) is 19.4 Å². The van der Waals surface area contributed by atoms with Crippen LogP contribution in [0.15, 0.2) is 40.9 Å². The molecule has 1 atom stereocenters. The maximum atomic E-state index is 12.5. The lowest BCUT2D eigenvalue weighted by Gasteiger charge is -2.09. The molecule has 6 nitrogen and oxygen atoms in total. The third-order valence-electron chi connectivity index (χ3n) is 3.76. The van der Waals surface area contributed by atoms with Crippen molar-refractivity contribution in [3.8, 4) is 6.07 Å². The van der Waals surface area contributed by atoms with Crippen LogP contribution in [0.1, 0.15) is 28.0 Å². The number of benzene rings is 1. The summed E-state index contributed by atoms with van der Waals surface area (Å²) in [5.74, 6) is -0.0493. The zero-order valence-corrected chi connectivity index (χ0v) is 16.0. The van der Waals surface area contributed by atoms with Gasteiger partial charge in [0.25, 0.3) is 0 Å². The molecular weight excluding hydrogens is 366 g/mol. The van der Waals surface area contributed by atoms with E-state index in [2.05, 4.69) is 21.3 Å². The lowest BCUT2D eigenvalue weighted by atomic mass is 10.1. The van der Waals surface area contributed by atoms with E-state index < -0.39 is 5.92 Å². The van der Waals surface area contributed by atoms with Gasteiger partial charge in [0, 0.05) is 11.1 Å². The van der Waals surface area contributed by atoms with Gasteiger partial charge in [0.1, 0.15) is 10.8 Å². The van der Waals surface area contributed by atoms with E-state index >= 15 is 0 Å². The van der Waals surface area contributed by atoms with Crippen LogP contribution in [-0.2, 0) is 11.3 Å². The molecule has 2 aromatic heterocycles. The summed E-state index contributed by atoms with van der Waals surface area (Å²) in [6, 6.07) is 12.1. The van der Waals surface area contributed by atoms with Crippen LogP contribution in [0.5, 0.6) is 0 Å². The predicted octanol–water partition coefficient (Wildman–Crippen LogP) is 3.37. The summed E-state index contributed by atoms with van der Waals surface area (Å²) in [7, 11) is 0. The molecule has 8 heteroatoms. The maximum Gasteiger partial charge on any atom is 0.191 e. The van der Waals surface area contributed by atoms with Crippen LogP contribution < -0.4 is 0 Å². The Hall–Kier alpha value is -2.50. The van der Waals surface area contributed by atoms with Crippen LogP contribution in [0.4, 0.5) is 0 Å². The molecule has 3 rings (SSSR count). The van der Waals surface area contributed by atoms with E-state index in [9.17, 15) is 10.1 Å². The second kappa shape index (κ2) is 8.25. The topological polar surface area (TPSA) is 84.5 Å². The molecule has 2 heterocycles. The van der Waals surface area contributed by atoms with Crippen LogP contribution in [0.25, 0.3) is 0 Å². The van der Waals surface area contributed by atoms with Crippen molar-refractivity contribution >= 4 is 28.9 Å². The van der Waals surface area contributed by atoms with Crippen molar-refractivity contribution in [1.29, 1.82) is 5.26 Å². The summed E-state index contributed by atoms with van der Waals surface area (Å²) in [6.45, 7) is 4.38. The third-order valence-corrected chi connectivity index (χ3v) is 5.78. The third kappa shape index (κ3) is 4.18. The van der Waals surface area contributed by atoms with Gasteiger partial charge in [-0.3, -0.25) is 4.79 Å². The van der Waals surface area contributed by atoms with E-state index in [0.717, 1.165) is 17.1 Å². The van der Waals surface area contributed by atoms with Crippen molar-refractivity contribution in [2.75, 3.05) is 5.75 Å². The first kappa shape index (κ1) is 18.3. The first-order chi connectivity index (χ1) is 12.6. The van der Waals surface area contributed by atoms with Gasteiger partial charge in [-0.25, -0.2) is 4.98 Å². The Bertz CT molecular complexity index is 942. The van der Waals surface area contributed by atoms with Crippen LogP contribution in [-0.4, -0.2) is 31.3 Å². The van der Waals surface area contributed by atoms with E-state index in [1.165, 1.54) is 23.1 Å². The van der Waals surface area contributed by atoms with Crippen molar-refractivity contribution in [1.82, 2.24) is 19.7 Å². The van der Waals surface area contributed by atoms with Gasteiger partial charge in [0.2, 0.25) is 0 Å². The lowest BCUT2D eigenvalue weighted by Crippen LogP contribution is -2.14. The number of hydrogen-bond acceptors (Lipinski definition) is 7. The van der Waals surface area contributed by atoms with E-state index in [-0.39, 0.29) is 11.5 Å². The molecule has 1 aromatic carbocycles. The van der Waals surface area contributed by atoms with Crippen molar-refractivity contribution < 1.29 is 4.79 Å². The fourth-order valence-corrected chi connectivity index (χ4v) is 4.16. The zero-order valence-electron chi connectivity index (χ0n) is 14.4. The van der Waals surface area contributed by atoms with Gasteiger partial charge in [0.15, 0.2) is 16.9 Å². The van der Waals surface area contributed by atoms with Gasteiger partial charge in [0.05, 0.1) is 18.4 Å². The number of nitriles is 1. The summed E-state index contributed by atoms with van der Waals surface area (Å²) < 4.78 is 1.97. The largest absolute Gasteiger partial charge is 0.302 e. The summed E-state index contributed by atoms with van der Waals surface area (Å²) in [4.78, 5) is 16.8. The number of carbonyl (C=O) groups excluding carboxylic acids is 1. The second-order valence-corrected chi connectivity index (χ2v) is 7.58. The minimum atomic E-state index is -0.826. The number of Topliss-reactive ketones (excluding diaryl/α,β-unsaturated/α-hetero) is 1. The minimum absolute atomic E-state index is 0.157. The van der Waals surface area contributed by atoms with Crippen molar-refractivity contribution in [2.45, 2.75) is 31.5 Å². The smallest absolute Gasteiger partial charge is 0.191 e. The highest BCUT2D eigenvalue weighted by Crippen LogP contribution is 2.25. The van der Waals surface area contributed by atoms with Crippen molar-refractivity contribution in [2.24, 2.45) is 0 Å². The van der Waals surface area contributed by atoms with E-state index in [1.54, 1.807) is 0 Å². The number of rotatable bonds is 7. The number of thiazole rings is 1. The highest BCUT2D eigenvalue weighted by atomic mass is 32.2. The highest BCUT2D eigenvalue weighted by Gasteiger charge is 2.24. The van der Waals surface area contributed by atoms with E-state index in [4.69, 9.17) is 0 Å². The van der Waals surface area contributed by atoms with Crippen molar-refractivity contribution in [3.63, 3.8) is 0 Å². The Morgan fingerprint density at radius 2 is 2.08 bits per heavy atom. The fourth-order valence-electron chi connectivity index (χ4n) is 2.41. The Labute approximate surface area is 159 Å². The molecule has 0 aliphatic rings. The van der Waals surface area contributed by atoms with Crippen molar-refractivity contribution in [3.05, 3.63) is 57.8 Å². The number of aromatic nitrogens is 4. The second-order valence-electron chi connectivity index (χ2n) is 5.75. The molecule has 3 aromatic rings. The SMILES string of the molecule is Cc1csc([C@H](C#N)C(=O)CSc2nnc(C)n2Cc2ccccc2)n1. The van der Waals surface area contributed by atoms with Crippen LogP contribution in [0.3, 0.4) is 0 Å². The molecule has 0 aliphatic carbocycles. The van der Waals surface area contributed by atoms with Gasteiger partial charge in [-0.15, -0.1) is 21.5 Å². The number of nitrogens with zero attached hydrogens (tertiary/aromatic N) is 5.